The number of carbonyl (C=O) groups excluding carboxylic acids is 2. The Bertz CT molecular complexity index is 550. The van der Waals surface area contributed by atoms with E-state index in [1.807, 2.05) is 0 Å². The van der Waals surface area contributed by atoms with E-state index in [9.17, 15) is 19.3 Å². The number of phenols is 1. The van der Waals surface area contributed by atoms with Crippen LogP contribution in [0.1, 0.15) is 26.3 Å². The third-order valence-corrected chi connectivity index (χ3v) is 3.23. The van der Waals surface area contributed by atoms with Crippen molar-refractivity contribution >= 4 is 32.3 Å². The second-order valence-corrected chi connectivity index (χ2v) is 4.73. The molecule has 10 heteroatoms. The van der Waals surface area contributed by atoms with Crippen LogP contribution in [-0.2, 0) is 8.54 Å². The van der Waals surface area contributed by atoms with Crippen LogP contribution in [0, 0.1) is 6.92 Å². The van der Waals surface area contributed by atoms with Gasteiger partial charge in [0.15, 0.2) is 0 Å². The maximum Gasteiger partial charge on any atom is 0.379 e. The summed E-state index contributed by atoms with van der Waals surface area (Å²) in [4.78, 5) is 31.1. The van der Waals surface area contributed by atoms with E-state index < -0.39 is 25.8 Å². The molecule has 1 unspecified atom stereocenters. The minimum Gasteiger partial charge on any atom is -0.507 e. The van der Waals surface area contributed by atoms with E-state index in [1.54, 1.807) is 0 Å². The molecule has 0 fully saturated rings. The van der Waals surface area contributed by atoms with Gasteiger partial charge in [-0.15, -0.1) is 0 Å². The van der Waals surface area contributed by atoms with Crippen molar-refractivity contribution in [2.45, 2.75) is 6.92 Å². The average Bonchev–Trinajstić information content (AvgIpc) is 2.27. The van der Waals surface area contributed by atoms with Crippen LogP contribution in [0.4, 0.5) is 0 Å². The molecule has 0 bridgehead atoms. The lowest BCUT2D eigenvalue weighted by atomic mass is 10.0. The highest BCUT2D eigenvalue weighted by Gasteiger charge is 2.19. The zero-order valence-electron chi connectivity index (χ0n) is 9.54. The summed E-state index contributed by atoms with van der Waals surface area (Å²) in [5.74, 6) is -2.20. The molecular weight excluding hydrogens is 295 g/mol. The number of aromatic hydroxyl groups is 1. The summed E-state index contributed by atoms with van der Waals surface area (Å²) in [5.41, 5.74) is 6.90. The lowest BCUT2D eigenvalue weighted by Gasteiger charge is -2.09. The molecule has 0 saturated heterocycles. The SMILES string of the molecule is Cc1c(C(=O)NSO[P](=O)O)ccc(O)c1C([NH])=O. The molecule has 19 heavy (non-hydrogen) atoms. The summed E-state index contributed by atoms with van der Waals surface area (Å²) < 4.78 is 16.5. The Balaban J connectivity index is 2.95. The molecule has 0 aliphatic heterocycles. The van der Waals surface area contributed by atoms with E-state index in [-0.39, 0.29) is 28.9 Å². The summed E-state index contributed by atoms with van der Waals surface area (Å²) >= 11 is 0.264. The number of carbonyl (C=O) groups is 2. The first-order chi connectivity index (χ1) is 8.84. The van der Waals surface area contributed by atoms with Crippen molar-refractivity contribution in [3.8, 4) is 5.75 Å². The van der Waals surface area contributed by atoms with Crippen molar-refractivity contribution in [3.63, 3.8) is 0 Å². The Morgan fingerprint density at radius 3 is 2.63 bits per heavy atom. The smallest absolute Gasteiger partial charge is 0.379 e. The standard InChI is InChI=1S/C9H9N2O6PS/c1-4-5(9(14)11-19-17-18(15)16)2-3-6(12)7(4)8(10)13/h2-3,10,12H,1H3,(H,11,14)(H,15,16). The number of hydrogen-bond acceptors (Lipinski definition) is 6. The topological polar surface area (TPSA) is 137 Å². The first-order valence-electron chi connectivity index (χ1n) is 4.73. The third kappa shape index (κ3) is 3.90. The molecule has 0 aromatic heterocycles. The van der Waals surface area contributed by atoms with Crippen molar-refractivity contribution in [1.82, 2.24) is 10.5 Å². The van der Waals surface area contributed by atoms with Gasteiger partial charge in [0.25, 0.3) is 11.8 Å². The molecule has 1 atom stereocenters. The Hall–Kier alpha value is -1.67. The lowest BCUT2D eigenvalue weighted by Crippen LogP contribution is -2.18. The Morgan fingerprint density at radius 1 is 1.47 bits per heavy atom. The molecule has 0 aliphatic carbocycles. The highest BCUT2D eigenvalue weighted by molar-refractivity contribution is 7.95. The van der Waals surface area contributed by atoms with Crippen molar-refractivity contribution < 1.29 is 28.1 Å². The van der Waals surface area contributed by atoms with Crippen LogP contribution in [0.15, 0.2) is 12.1 Å². The second kappa shape index (κ2) is 6.48. The maximum atomic E-state index is 11.7. The van der Waals surface area contributed by atoms with Crippen molar-refractivity contribution in [2.75, 3.05) is 0 Å². The predicted octanol–water partition coefficient (Wildman–Crippen LogP) is 1.08. The zero-order valence-corrected chi connectivity index (χ0v) is 11.2. The van der Waals surface area contributed by atoms with Gasteiger partial charge in [0, 0.05) is 5.56 Å². The van der Waals surface area contributed by atoms with Gasteiger partial charge in [-0.1, -0.05) is 0 Å². The van der Waals surface area contributed by atoms with Gasteiger partial charge in [-0.2, -0.15) is 3.97 Å². The molecule has 0 saturated carbocycles. The maximum absolute atomic E-state index is 11.7. The van der Waals surface area contributed by atoms with E-state index in [2.05, 4.69) is 8.69 Å². The third-order valence-electron chi connectivity index (χ3n) is 2.15. The fourth-order valence-electron chi connectivity index (χ4n) is 1.37. The van der Waals surface area contributed by atoms with Crippen LogP contribution in [0.25, 0.3) is 0 Å². The van der Waals surface area contributed by atoms with Gasteiger partial charge in [0.05, 0.1) is 5.56 Å². The van der Waals surface area contributed by atoms with E-state index in [1.165, 1.54) is 13.0 Å². The number of rotatable bonds is 5. The van der Waals surface area contributed by atoms with Crippen molar-refractivity contribution in [2.24, 2.45) is 0 Å². The normalized spacial score (nSPS) is 10.9. The first-order valence-corrected chi connectivity index (χ1v) is 6.60. The molecule has 0 heterocycles. The fourth-order valence-corrected chi connectivity index (χ4v) is 1.96. The highest BCUT2D eigenvalue weighted by atomic mass is 32.2. The predicted molar refractivity (Wildman–Crippen MR) is 66.2 cm³/mol. The Kier molecular flexibility index (Phi) is 5.25. The summed E-state index contributed by atoms with van der Waals surface area (Å²) in [6.45, 7) is 1.40. The summed E-state index contributed by atoms with van der Waals surface area (Å²) in [5, 5.41) is 9.44. The van der Waals surface area contributed by atoms with Crippen molar-refractivity contribution in [1.29, 1.82) is 0 Å². The monoisotopic (exact) mass is 304 g/mol. The van der Waals surface area contributed by atoms with Gasteiger partial charge in [-0.05, 0) is 24.6 Å². The van der Waals surface area contributed by atoms with Gasteiger partial charge in [-0.3, -0.25) is 24.9 Å². The lowest BCUT2D eigenvalue weighted by molar-refractivity contribution is 0.0982. The molecule has 2 radical (unpaired) electrons. The zero-order chi connectivity index (χ0) is 14.6. The summed E-state index contributed by atoms with van der Waals surface area (Å²) in [6.07, 6.45) is 0. The number of phenolic OH excluding ortho intramolecular Hbond substituents is 1. The summed E-state index contributed by atoms with van der Waals surface area (Å²) in [6, 6.07) is 2.37. The molecule has 1 aromatic rings. The van der Waals surface area contributed by atoms with E-state index >= 15 is 0 Å². The number of nitrogens with one attached hydrogen (secondary N) is 2. The Morgan fingerprint density at radius 2 is 2.11 bits per heavy atom. The molecule has 4 N–H and O–H groups in total. The Labute approximate surface area is 113 Å². The molecular formula is C9H9N2O6PS. The number of hydrogen-bond donors (Lipinski definition) is 3. The largest absolute Gasteiger partial charge is 0.507 e. The molecule has 0 aliphatic rings. The second-order valence-electron chi connectivity index (χ2n) is 3.29. The number of amides is 2. The quantitative estimate of drug-likeness (QED) is 0.420. The molecule has 1 aromatic carbocycles. The van der Waals surface area contributed by atoms with Crippen LogP contribution < -0.4 is 10.5 Å². The number of benzene rings is 1. The van der Waals surface area contributed by atoms with Crippen LogP contribution in [-0.4, -0.2) is 21.8 Å². The van der Waals surface area contributed by atoms with Gasteiger partial charge >= 0.3 is 8.25 Å². The molecule has 102 valence electrons. The van der Waals surface area contributed by atoms with Crippen LogP contribution in [0.5, 0.6) is 5.75 Å². The highest BCUT2D eigenvalue weighted by Crippen LogP contribution is 2.25. The van der Waals surface area contributed by atoms with E-state index in [4.69, 9.17) is 10.6 Å². The van der Waals surface area contributed by atoms with Crippen molar-refractivity contribution in [3.05, 3.63) is 28.8 Å². The minimum atomic E-state index is -2.86. The van der Waals surface area contributed by atoms with Gasteiger partial charge in [0.2, 0.25) is 0 Å². The van der Waals surface area contributed by atoms with Crippen LogP contribution in [0.3, 0.4) is 0 Å². The van der Waals surface area contributed by atoms with Crippen LogP contribution in [0.2, 0.25) is 0 Å². The average molecular weight is 304 g/mol. The minimum absolute atomic E-state index is 0.0395. The summed E-state index contributed by atoms with van der Waals surface area (Å²) in [7, 11) is -2.86. The van der Waals surface area contributed by atoms with Crippen LogP contribution >= 0.6 is 20.5 Å². The molecule has 1 rings (SSSR count). The van der Waals surface area contributed by atoms with E-state index in [0.717, 1.165) is 6.07 Å². The molecule has 8 nitrogen and oxygen atoms in total. The first kappa shape index (κ1) is 15.4. The van der Waals surface area contributed by atoms with E-state index in [0.29, 0.717) is 0 Å². The fraction of sp³-hybridized carbons (Fsp3) is 0.111. The molecule has 2 amide bonds. The van der Waals surface area contributed by atoms with Gasteiger partial charge < -0.3 is 5.11 Å². The molecule has 0 spiro atoms. The van der Waals surface area contributed by atoms with Gasteiger partial charge in [-0.25, -0.2) is 4.57 Å². The van der Waals surface area contributed by atoms with Gasteiger partial charge in [0.1, 0.15) is 18.0 Å².